The maximum Gasteiger partial charge on any atom is 0.326 e. The van der Waals surface area contributed by atoms with Gasteiger partial charge in [0.2, 0.25) is 0 Å². The van der Waals surface area contributed by atoms with Crippen molar-refractivity contribution in [2.75, 3.05) is 0 Å². The molecule has 0 aliphatic rings. The zero-order valence-corrected chi connectivity index (χ0v) is 10.1. The van der Waals surface area contributed by atoms with Crippen molar-refractivity contribution in [2.24, 2.45) is 0 Å². The second-order valence-corrected chi connectivity index (χ2v) is 3.98. The maximum absolute atomic E-state index is 11.8. The first-order valence-corrected chi connectivity index (χ1v) is 5.36. The van der Waals surface area contributed by atoms with Gasteiger partial charge in [-0.3, -0.25) is 9.59 Å². The molecule has 0 saturated heterocycles. The van der Waals surface area contributed by atoms with E-state index in [-0.39, 0.29) is 11.3 Å². The van der Waals surface area contributed by atoms with E-state index in [2.05, 4.69) is 5.32 Å². The van der Waals surface area contributed by atoms with Gasteiger partial charge in [-0.1, -0.05) is 11.6 Å². The Morgan fingerprint density at radius 1 is 1.26 bits per heavy atom. The molecule has 1 aromatic carbocycles. The SMILES string of the molecule is Cc1ccc(O)c(C(=O)NC(CC(=O)O)C(=O)O)c1. The van der Waals surface area contributed by atoms with Crippen molar-refractivity contribution in [3.05, 3.63) is 29.3 Å². The third kappa shape index (κ3) is 3.98. The Morgan fingerprint density at radius 3 is 2.42 bits per heavy atom. The number of aromatic hydroxyl groups is 1. The molecule has 1 rings (SSSR count). The molecule has 0 heterocycles. The molecule has 0 saturated carbocycles. The zero-order valence-electron chi connectivity index (χ0n) is 10.1. The lowest BCUT2D eigenvalue weighted by Crippen LogP contribution is -2.42. The van der Waals surface area contributed by atoms with Crippen molar-refractivity contribution >= 4 is 17.8 Å². The van der Waals surface area contributed by atoms with Crippen LogP contribution in [-0.4, -0.2) is 39.2 Å². The topological polar surface area (TPSA) is 124 Å². The zero-order chi connectivity index (χ0) is 14.6. The predicted molar refractivity (Wildman–Crippen MR) is 64.0 cm³/mol. The molecule has 4 N–H and O–H groups in total. The number of carbonyl (C=O) groups excluding carboxylic acids is 1. The molecule has 1 unspecified atom stereocenters. The van der Waals surface area contributed by atoms with E-state index in [9.17, 15) is 19.5 Å². The molecular weight excluding hydrogens is 254 g/mol. The molecule has 1 atom stereocenters. The standard InChI is InChI=1S/C12H13NO6/c1-6-2-3-9(14)7(4-6)11(17)13-8(12(18)19)5-10(15)16/h2-4,8,14H,5H2,1H3,(H,13,17)(H,15,16)(H,18,19). The van der Waals surface area contributed by atoms with Crippen molar-refractivity contribution in [2.45, 2.75) is 19.4 Å². The van der Waals surface area contributed by atoms with E-state index in [1.165, 1.54) is 12.1 Å². The number of hydrogen-bond donors (Lipinski definition) is 4. The van der Waals surface area contributed by atoms with Crippen LogP contribution in [0.3, 0.4) is 0 Å². The number of carboxylic acids is 2. The average Bonchev–Trinajstić information content (AvgIpc) is 2.30. The Morgan fingerprint density at radius 2 is 1.89 bits per heavy atom. The third-order valence-electron chi connectivity index (χ3n) is 2.38. The summed E-state index contributed by atoms with van der Waals surface area (Å²) in [7, 11) is 0. The minimum absolute atomic E-state index is 0.100. The largest absolute Gasteiger partial charge is 0.507 e. The number of aliphatic carboxylic acids is 2. The average molecular weight is 267 g/mol. The van der Waals surface area contributed by atoms with Gasteiger partial charge in [-0.15, -0.1) is 0 Å². The van der Waals surface area contributed by atoms with Crippen LogP contribution >= 0.6 is 0 Å². The first kappa shape index (κ1) is 14.5. The van der Waals surface area contributed by atoms with Crippen LogP contribution in [0.25, 0.3) is 0 Å². The number of rotatable bonds is 5. The highest BCUT2D eigenvalue weighted by Crippen LogP contribution is 2.18. The number of carbonyl (C=O) groups is 3. The predicted octanol–water partition coefficient (Wildman–Crippen LogP) is 0.358. The summed E-state index contributed by atoms with van der Waals surface area (Å²) in [6.07, 6.45) is -0.742. The molecule has 1 amide bonds. The summed E-state index contributed by atoms with van der Waals surface area (Å²) in [4.78, 5) is 33.1. The van der Waals surface area contributed by atoms with Gasteiger partial charge in [-0.05, 0) is 19.1 Å². The lowest BCUT2D eigenvalue weighted by Gasteiger charge is -2.13. The van der Waals surface area contributed by atoms with Crippen molar-refractivity contribution in [3.63, 3.8) is 0 Å². The number of benzene rings is 1. The van der Waals surface area contributed by atoms with Gasteiger partial charge in [0.15, 0.2) is 0 Å². The normalized spacial score (nSPS) is 11.6. The van der Waals surface area contributed by atoms with Gasteiger partial charge >= 0.3 is 11.9 Å². The van der Waals surface area contributed by atoms with E-state index in [0.29, 0.717) is 5.56 Å². The van der Waals surface area contributed by atoms with Gasteiger partial charge < -0.3 is 20.6 Å². The molecule has 0 bridgehead atoms. The molecular formula is C12H13NO6. The Kier molecular flexibility index (Phi) is 4.46. The Balaban J connectivity index is 2.90. The van der Waals surface area contributed by atoms with E-state index in [1.807, 2.05) is 0 Å². The lowest BCUT2D eigenvalue weighted by atomic mass is 10.1. The van der Waals surface area contributed by atoms with E-state index < -0.39 is 30.3 Å². The number of nitrogens with one attached hydrogen (secondary N) is 1. The van der Waals surface area contributed by atoms with Crippen LogP contribution in [0.4, 0.5) is 0 Å². The number of phenolic OH excluding ortho intramolecular Hbond substituents is 1. The van der Waals surface area contributed by atoms with Gasteiger partial charge in [-0.2, -0.15) is 0 Å². The number of carboxylic acid groups (broad SMARTS) is 2. The minimum Gasteiger partial charge on any atom is -0.507 e. The van der Waals surface area contributed by atoms with Crippen molar-refractivity contribution in [3.8, 4) is 5.75 Å². The quantitative estimate of drug-likeness (QED) is 0.610. The molecule has 7 nitrogen and oxygen atoms in total. The summed E-state index contributed by atoms with van der Waals surface area (Å²) in [5.74, 6) is -3.94. The maximum atomic E-state index is 11.8. The van der Waals surface area contributed by atoms with Crippen LogP contribution in [-0.2, 0) is 9.59 Å². The number of phenols is 1. The van der Waals surface area contributed by atoms with E-state index in [1.54, 1.807) is 13.0 Å². The summed E-state index contributed by atoms with van der Waals surface area (Å²) in [6.45, 7) is 1.70. The highest BCUT2D eigenvalue weighted by molar-refractivity contribution is 5.99. The first-order valence-electron chi connectivity index (χ1n) is 5.36. The second-order valence-electron chi connectivity index (χ2n) is 3.98. The molecule has 7 heteroatoms. The third-order valence-corrected chi connectivity index (χ3v) is 2.38. The van der Waals surface area contributed by atoms with E-state index in [0.717, 1.165) is 0 Å². The van der Waals surface area contributed by atoms with Gasteiger partial charge in [0.05, 0.1) is 12.0 Å². The summed E-state index contributed by atoms with van der Waals surface area (Å²) >= 11 is 0. The van der Waals surface area contributed by atoms with Gasteiger partial charge in [-0.25, -0.2) is 4.79 Å². The molecule has 19 heavy (non-hydrogen) atoms. The smallest absolute Gasteiger partial charge is 0.326 e. The summed E-state index contributed by atoms with van der Waals surface area (Å²) in [5.41, 5.74) is 0.602. The van der Waals surface area contributed by atoms with Gasteiger partial charge in [0.25, 0.3) is 5.91 Å². The second kappa shape index (κ2) is 5.85. The van der Waals surface area contributed by atoms with Crippen LogP contribution in [0.1, 0.15) is 22.3 Å². The molecule has 0 aromatic heterocycles. The summed E-state index contributed by atoms with van der Waals surface area (Å²) in [5, 5.41) is 28.9. The molecule has 102 valence electrons. The highest BCUT2D eigenvalue weighted by atomic mass is 16.4. The van der Waals surface area contributed by atoms with Gasteiger partial charge in [0.1, 0.15) is 11.8 Å². The van der Waals surface area contributed by atoms with Crippen LogP contribution < -0.4 is 5.32 Å². The fourth-order valence-electron chi connectivity index (χ4n) is 1.44. The number of hydrogen-bond acceptors (Lipinski definition) is 4. The number of aryl methyl sites for hydroxylation is 1. The highest BCUT2D eigenvalue weighted by Gasteiger charge is 2.24. The Labute approximate surface area is 108 Å². The van der Waals surface area contributed by atoms with Crippen molar-refractivity contribution < 1.29 is 29.7 Å². The fourth-order valence-corrected chi connectivity index (χ4v) is 1.44. The monoisotopic (exact) mass is 267 g/mol. The molecule has 0 fully saturated rings. The van der Waals surface area contributed by atoms with Gasteiger partial charge in [0, 0.05) is 0 Å². The van der Waals surface area contributed by atoms with Crippen molar-refractivity contribution in [1.82, 2.24) is 5.32 Å². The minimum atomic E-state index is -1.55. The first-order chi connectivity index (χ1) is 8.81. The molecule has 0 aliphatic heterocycles. The Hall–Kier alpha value is -2.57. The van der Waals surface area contributed by atoms with E-state index >= 15 is 0 Å². The lowest BCUT2D eigenvalue weighted by molar-refractivity contribution is -0.145. The summed E-state index contributed by atoms with van der Waals surface area (Å²) < 4.78 is 0. The van der Waals surface area contributed by atoms with Crippen LogP contribution in [0.2, 0.25) is 0 Å². The Bertz CT molecular complexity index is 525. The summed E-state index contributed by atoms with van der Waals surface area (Å²) in [6, 6.07) is 2.71. The van der Waals surface area contributed by atoms with Crippen molar-refractivity contribution in [1.29, 1.82) is 0 Å². The molecule has 1 aromatic rings. The van der Waals surface area contributed by atoms with E-state index in [4.69, 9.17) is 10.2 Å². The fraction of sp³-hybridized carbons (Fsp3) is 0.250. The van der Waals surface area contributed by atoms with Crippen LogP contribution in [0, 0.1) is 6.92 Å². The molecule has 0 aliphatic carbocycles. The molecule has 0 radical (unpaired) electrons. The van der Waals surface area contributed by atoms with Crippen LogP contribution in [0.15, 0.2) is 18.2 Å². The molecule has 0 spiro atoms. The number of amides is 1. The van der Waals surface area contributed by atoms with Crippen LogP contribution in [0.5, 0.6) is 5.75 Å².